The molecule has 3 aliphatic rings. The molecule has 164 valence electrons. The molecular formula is C20H39IN4O3. The number of ether oxygens (including phenoxy) is 3. The summed E-state index contributed by atoms with van der Waals surface area (Å²) in [6, 6.07) is 0. The Labute approximate surface area is 187 Å². The van der Waals surface area contributed by atoms with Crippen molar-refractivity contribution in [2.45, 2.75) is 56.3 Å². The SMILES string of the molecule is CN=C(NCC1(N(C)C)CCOCC1)N1CCC(OCC2CCCO2)CC1.I. The first-order valence-electron chi connectivity index (χ1n) is 10.6. The standard InChI is InChI=1S/C20H38N4O3.HI/c1-21-19(22-16-20(23(2)3)8-13-25-14-9-20)24-10-6-17(7-11-24)27-15-18-5-4-12-26-18;/h17-18H,4-16H2,1-3H3,(H,21,22);1H. The zero-order valence-electron chi connectivity index (χ0n) is 17.8. The van der Waals surface area contributed by atoms with Crippen LogP contribution in [-0.2, 0) is 14.2 Å². The number of nitrogens with zero attached hydrogens (tertiary/aromatic N) is 3. The number of guanidine groups is 1. The Morgan fingerprint density at radius 3 is 2.46 bits per heavy atom. The first-order valence-corrected chi connectivity index (χ1v) is 10.6. The molecule has 3 saturated heterocycles. The third kappa shape index (κ3) is 6.42. The summed E-state index contributed by atoms with van der Waals surface area (Å²) in [5, 5.41) is 3.64. The van der Waals surface area contributed by atoms with E-state index in [2.05, 4.69) is 34.2 Å². The molecule has 0 bridgehead atoms. The van der Waals surface area contributed by atoms with Gasteiger partial charge in [0.2, 0.25) is 0 Å². The van der Waals surface area contributed by atoms with Gasteiger partial charge < -0.3 is 29.3 Å². The molecule has 0 radical (unpaired) electrons. The van der Waals surface area contributed by atoms with Gasteiger partial charge in [-0.3, -0.25) is 4.99 Å². The minimum atomic E-state index is 0. The molecule has 0 aromatic heterocycles. The molecule has 0 saturated carbocycles. The molecular weight excluding hydrogens is 471 g/mol. The van der Waals surface area contributed by atoms with Crippen molar-refractivity contribution < 1.29 is 14.2 Å². The van der Waals surface area contributed by atoms with Gasteiger partial charge in [0, 0.05) is 52.0 Å². The molecule has 1 N–H and O–H groups in total. The van der Waals surface area contributed by atoms with E-state index in [4.69, 9.17) is 14.2 Å². The third-order valence-electron chi connectivity index (χ3n) is 6.44. The van der Waals surface area contributed by atoms with Crippen molar-refractivity contribution in [1.82, 2.24) is 15.1 Å². The Balaban J connectivity index is 0.00000280. The molecule has 28 heavy (non-hydrogen) atoms. The van der Waals surface area contributed by atoms with Crippen molar-refractivity contribution >= 4 is 29.9 Å². The van der Waals surface area contributed by atoms with E-state index >= 15 is 0 Å². The summed E-state index contributed by atoms with van der Waals surface area (Å²) >= 11 is 0. The van der Waals surface area contributed by atoms with E-state index in [0.717, 1.165) is 84.1 Å². The molecule has 1 unspecified atom stereocenters. The molecule has 0 aromatic carbocycles. The fraction of sp³-hybridized carbons (Fsp3) is 0.950. The largest absolute Gasteiger partial charge is 0.381 e. The summed E-state index contributed by atoms with van der Waals surface area (Å²) in [6.45, 7) is 6.23. The highest BCUT2D eigenvalue weighted by molar-refractivity contribution is 14.0. The van der Waals surface area contributed by atoms with Crippen molar-refractivity contribution in [3.05, 3.63) is 0 Å². The first kappa shape index (κ1) is 24.1. The number of aliphatic imine (C=N–C) groups is 1. The smallest absolute Gasteiger partial charge is 0.193 e. The maximum absolute atomic E-state index is 6.10. The van der Waals surface area contributed by atoms with Crippen molar-refractivity contribution in [3.63, 3.8) is 0 Å². The van der Waals surface area contributed by atoms with Crippen molar-refractivity contribution in [1.29, 1.82) is 0 Å². The van der Waals surface area contributed by atoms with Crippen LogP contribution < -0.4 is 5.32 Å². The Morgan fingerprint density at radius 1 is 1.18 bits per heavy atom. The normalized spacial score (nSPS) is 26.4. The van der Waals surface area contributed by atoms with Crippen LogP contribution in [0.4, 0.5) is 0 Å². The van der Waals surface area contributed by atoms with Gasteiger partial charge in [-0.25, -0.2) is 0 Å². The summed E-state index contributed by atoms with van der Waals surface area (Å²) in [5.41, 5.74) is 0.150. The van der Waals surface area contributed by atoms with Crippen molar-refractivity contribution in [2.75, 3.05) is 67.2 Å². The number of likely N-dealkylation sites (N-methyl/N-ethyl adjacent to an activating group) is 1. The molecule has 3 rings (SSSR count). The summed E-state index contributed by atoms with van der Waals surface area (Å²) in [7, 11) is 6.23. The molecule has 0 aromatic rings. The quantitative estimate of drug-likeness (QED) is 0.335. The average Bonchev–Trinajstić information content (AvgIpc) is 3.22. The van der Waals surface area contributed by atoms with Gasteiger partial charge in [0.15, 0.2) is 5.96 Å². The molecule has 8 heteroatoms. The molecule has 3 heterocycles. The third-order valence-corrected chi connectivity index (χ3v) is 6.44. The second-order valence-corrected chi connectivity index (χ2v) is 8.29. The Morgan fingerprint density at radius 2 is 1.89 bits per heavy atom. The molecule has 0 amide bonds. The van der Waals surface area contributed by atoms with Crippen LogP contribution in [0, 0.1) is 0 Å². The lowest BCUT2D eigenvalue weighted by atomic mass is 9.88. The van der Waals surface area contributed by atoms with Crippen LogP contribution >= 0.6 is 24.0 Å². The Hall–Kier alpha value is -0.160. The van der Waals surface area contributed by atoms with E-state index in [0.29, 0.717) is 12.2 Å². The molecule has 3 aliphatic heterocycles. The van der Waals surface area contributed by atoms with Gasteiger partial charge >= 0.3 is 0 Å². The highest BCUT2D eigenvalue weighted by Crippen LogP contribution is 2.25. The number of hydrogen-bond donors (Lipinski definition) is 1. The van der Waals surface area contributed by atoms with Gasteiger partial charge in [-0.05, 0) is 52.6 Å². The Bertz CT molecular complexity index is 472. The average molecular weight is 510 g/mol. The van der Waals surface area contributed by atoms with Gasteiger partial charge in [-0.15, -0.1) is 24.0 Å². The topological polar surface area (TPSA) is 58.6 Å². The number of hydrogen-bond acceptors (Lipinski definition) is 5. The van der Waals surface area contributed by atoms with Crippen LogP contribution in [-0.4, -0.2) is 101 Å². The minimum Gasteiger partial charge on any atom is -0.381 e. The predicted octanol–water partition coefficient (Wildman–Crippen LogP) is 1.95. The number of rotatable bonds is 6. The number of nitrogens with one attached hydrogen (secondary N) is 1. The van der Waals surface area contributed by atoms with E-state index in [1.807, 2.05) is 7.05 Å². The second-order valence-electron chi connectivity index (χ2n) is 8.29. The molecule has 0 spiro atoms. The van der Waals surface area contributed by atoms with Crippen molar-refractivity contribution in [3.8, 4) is 0 Å². The molecule has 3 fully saturated rings. The zero-order valence-corrected chi connectivity index (χ0v) is 20.2. The van der Waals surface area contributed by atoms with Gasteiger partial charge in [0.05, 0.1) is 18.8 Å². The van der Waals surface area contributed by atoms with Crippen LogP contribution in [0.5, 0.6) is 0 Å². The lowest BCUT2D eigenvalue weighted by Gasteiger charge is -2.44. The van der Waals surface area contributed by atoms with E-state index in [1.165, 1.54) is 6.42 Å². The summed E-state index contributed by atoms with van der Waals surface area (Å²) in [6.07, 6.45) is 7.22. The zero-order chi connectivity index (χ0) is 19.1. The van der Waals surface area contributed by atoms with Gasteiger partial charge in [0.25, 0.3) is 0 Å². The van der Waals surface area contributed by atoms with Crippen LogP contribution in [0.15, 0.2) is 4.99 Å². The predicted molar refractivity (Wildman–Crippen MR) is 123 cm³/mol. The lowest BCUT2D eigenvalue weighted by molar-refractivity contribution is -0.0369. The van der Waals surface area contributed by atoms with E-state index in [-0.39, 0.29) is 29.5 Å². The lowest BCUT2D eigenvalue weighted by Crippen LogP contribution is -2.58. The van der Waals surface area contributed by atoms with Crippen LogP contribution in [0.25, 0.3) is 0 Å². The van der Waals surface area contributed by atoms with E-state index < -0.39 is 0 Å². The summed E-state index contributed by atoms with van der Waals surface area (Å²) in [5.74, 6) is 1.01. The van der Waals surface area contributed by atoms with Crippen molar-refractivity contribution in [2.24, 2.45) is 4.99 Å². The van der Waals surface area contributed by atoms with Gasteiger partial charge in [-0.1, -0.05) is 0 Å². The van der Waals surface area contributed by atoms with Crippen LogP contribution in [0.2, 0.25) is 0 Å². The van der Waals surface area contributed by atoms with E-state index in [9.17, 15) is 0 Å². The minimum absolute atomic E-state index is 0. The van der Waals surface area contributed by atoms with Crippen LogP contribution in [0.3, 0.4) is 0 Å². The number of piperidine rings is 1. The fourth-order valence-electron chi connectivity index (χ4n) is 4.36. The highest BCUT2D eigenvalue weighted by Gasteiger charge is 2.35. The summed E-state index contributed by atoms with van der Waals surface area (Å²) in [4.78, 5) is 9.26. The monoisotopic (exact) mass is 510 g/mol. The summed E-state index contributed by atoms with van der Waals surface area (Å²) < 4.78 is 17.3. The fourth-order valence-corrected chi connectivity index (χ4v) is 4.36. The molecule has 0 aliphatic carbocycles. The van der Waals surface area contributed by atoms with Gasteiger partial charge in [-0.2, -0.15) is 0 Å². The maximum Gasteiger partial charge on any atom is 0.193 e. The number of likely N-dealkylation sites (tertiary alicyclic amines) is 1. The van der Waals surface area contributed by atoms with Crippen LogP contribution in [0.1, 0.15) is 38.5 Å². The second kappa shape index (κ2) is 11.9. The van der Waals surface area contributed by atoms with Gasteiger partial charge in [0.1, 0.15) is 0 Å². The first-order chi connectivity index (χ1) is 13.1. The molecule has 7 nitrogen and oxygen atoms in total. The van der Waals surface area contributed by atoms with E-state index in [1.54, 1.807) is 0 Å². The number of halogens is 1. The maximum atomic E-state index is 6.10. The highest BCUT2D eigenvalue weighted by atomic mass is 127. The molecule has 1 atom stereocenters. The Kier molecular flexibility index (Phi) is 10.2.